The first kappa shape index (κ1) is 8.74. The van der Waals surface area contributed by atoms with Gasteiger partial charge in [-0.25, -0.2) is 4.79 Å². The van der Waals surface area contributed by atoms with E-state index in [4.69, 9.17) is 0 Å². The van der Waals surface area contributed by atoms with Crippen molar-refractivity contribution in [2.75, 3.05) is 0 Å². The standard InChI is InChI=1S/C10H10N2O2/c1-2-12-9-5-7(6-13)3-4-8(9)11-10(12)14/h3-6H,2H2,1H3,(H,11,14). The van der Waals surface area contributed by atoms with E-state index in [1.807, 2.05) is 6.92 Å². The van der Waals surface area contributed by atoms with Crippen LogP contribution in [0.1, 0.15) is 17.3 Å². The van der Waals surface area contributed by atoms with Crippen molar-refractivity contribution in [2.45, 2.75) is 13.5 Å². The number of fused-ring (bicyclic) bond motifs is 1. The number of hydrogen-bond acceptors (Lipinski definition) is 2. The van der Waals surface area contributed by atoms with Crippen LogP contribution >= 0.6 is 0 Å². The summed E-state index contributed by atoms with van der Waals surface area (Å²) in [5.41, 5.74) is 1.99. The second-order valence-corrected chi connectivity index (χ2v) is 3.07. The number of rotatable bonds is 2. The minimum atomic E-state index is -0.134. The zero-order valence-corrected chi connectivity index (χ0v) is 7.78. The predicted octanol–water partition coefficient (Wildman–Crippen LogP) is 1.16. The molecule has 0 saturated heterocycles. The van der Waals surface area contributed by atoms with E-state index in [1.165, 1.54) is 0 Å². The van der Waals surface area contributed by atoms with Gasteiger partial charge in [-0.15, -0.1) is 0 Å². The van der Waals surface area contributed by atoms with Crippen molar-refractivity contribution >= 4 is 17.3 Å². The highest BCUT2D eigenvalue weighted by molar-refractivity contribution is 5.84. The van der Waals surface area contributed by atoms with Gasteiger partial charge in [0.15, 0.2) is 0 Å². The van der Waals surface area contributed by atoms with Crippen molar-refractivity contribution in [1.29, 1.82) is 0 Å². The maximum absolute atomic E-state index is 11.4. The molecule has 0 aliphatic heterocycles. The molecule has 1 aromatic heterocycles. The van der Waals surface area contributed by atoms with E-state index in [-0.39, 0.29) is 5.69 Å². The number of carbonyl (C=O) groups excluding carboxylic acids is 1. The Morgan fingerprint density at radius 3 is 2.93 bits per heavy atom. The Kier molecular flexibility index (Phi) is 1.96. The Bertz CT molecular complexity index is 537. The summed E-state index contributed by atoms with van der Waals surface area (Å²) < 4.78 is 1.60. The molecule has 1 aromatic carbocycles. The molecule has 0 radical (unpaired) electrons. The van der Waals surface area contributed by atoms with Crippen molar-refractivity contribution in [3.63, 3.8) is 0 Å². The van der Waals surface area contributed by atoms with Gasteiger partial charge in [0.2, 0.25) is 0 Å². The van der Waals surface area contributed by atoms with Crippen LogP contribution in [-0.2, 0) is 6.54 Å². The van der Waals surface area contributed by atoms with Crippen molar-refractivity contribution < 1.29 is 4.79 Å². The zero-order chi connectivity index (χ0) is 10.1. The zero-order valence-electron chi connectivity index (χ0n) is 7.78. The molecule has 0 aliphatic rings. The number of benzene rings is 1. The molecular weight excluding hydrogens is 180 g/mol. The smallest absolute Gasteiger partial charge is 0.306 e. The molecule has 2 rings (SSSR count). The van der Waals surface area contributed by atoms with Crippen molar-refractivity contribution in [3.8, 4) is 0 Å². The summed E-state index contributed by atoms with van der Waals surface area (Å²) in [4.78, 5) is 24.7. The summed E-state index contributed by atoms with van der Waals surface area (Å²) >= 11 is 0. The van der Waals surface area contributed by atoms with Crippen LogP contribution in [0.4, 0.5) is 0 Å². The van der Waals surface area contributed by atoms with Gasteiger partial charge in [-0.3, -0.25) is 9.36 Å². The van der Waals surface area contributed by atoms with Gasteiger partial charge in [-0.1, -0.05) is 0 Å². The average molecular weight is 190 g/mol. The molecule has 0 spiro atoms. The van der Waals surface area contributed by atoms with Gasteiger partial charge in [0.05, 0.1) is 11.0 Å². The summed E-state index contributed by atoms with van der Waals surface area (Å²) in [5, 5.41) is 0. The van der Waals surface area contributed by atoms with Gasteiger partial charge in [0.25, 0.3) is 0 Å². The predicted molar refractivity (Wildman–Crippen MR) is 53.6 cm³/mol. The van der Waals surface area contributed by atoms with Crippen LogP contribution in [0.2, 0.25) is 0 Å². The van der Waals surface area contributed by atoms with Crippen LogP contribution < -0.4 is 5.69 Å². The van der Waals surface area contributed by atoms with Gasteiger partial charge in [0.1, 0.15) is 6.29 Å². The molecule has 4 nitrogen and oxygen atoms in total. The van der Waals surface area contributed by atoms with E-state index in [2.05, 4.69) is 4.98 Å². The minimum Gasteiger partial charge on any atom is -0.306 e. The Hall–Kier alpha value is -1.84. The molecule has 0 fully saturated rings. The number of nitrogens with one attached hydrogen (secondary N) is 1. The Morgan fingerprint density at radius 1 is 1.50 bits per heavy atom. The van der Waals surface area contributed by atoms with Crippen molar-refractivity contribution in [2.24, 2.45) is 0 Å². The molecular formula is C10H10N2O2. The molecule has 1 heterocycles. The van der Waals surface area contributed by atoms with E-state index < -0.39 is 0 Å². The third kappa shape index (κ3) is 1.16. The normalized spacial score (nSPS) is 10.6. The van der Waals surface area contributed by atoms with E-state index in [0.717, 1.165) is 17.3 Å². The highest BCUT2D eigenvalue weighted by Crippen LogP contribution is 2.11. The van der Waals surface area contributed by atoms with E-state index in [9.17, 15) is 9.59 Å². The highest BCUT2D eigenvalue weighted by Gasteiger charge is 2.04. The first-order valence-corrected chi connectivity index (χ1v) is 4.44. The van der Waals surface area contributed by atoms with E-state index in [0.29, 0.717) is 12.1 Å². The topological polar surface area (TPSA) is 54.9 Å². The van der Waals surface area contributed by atoms with Crippen LogP contribution in [0.3, 0.4) is 0 Å². The Labute approximate surface area is 80.2 Å². The van der Waals surface area contributed by atoms with E-state index >= 15 is 0 Å². The molecule has 0 atom stereocenters. The van der Waals surface area contributed by atoms with Gasteiger partial charge < -0.3 is 4.98 Å². The second kappa shape index (κ2) is 3.14. The van der Waals surface area contributed by atoms with E-state index in [1.54, 1.807) is 22.8 Å². The van der Waals surface area contributed by atoms with Gasteiger partial charge in [0, 0.05) is 12.1 Å². The summed E-state index contributed by atoms with van der Waals surface area (Å²) in [6.45, 7) is 2.49. The first-order chi connectivity index (χ1) is 6.76. The summed E-state index contributed by atoms with van der Waals surface area (Å²) in [6, 6.07) is 5.14. The number of carbonyl (C=O) groups is 1. The number of aldehydes is 1. The van der Waals surface area contributed by atoms with Gasteiger partial charge in [-0.2, -0.15) is 0 Å². The molecule has 14 heavy (non-hydrogen) atoms. The lowest BCUT2D eigenvalue weighted by Crippen LogP contribution is -2.14. The number of imidazole rings is 1. The molecule has 1 N–H and O–H groups in total. The maximum Gasteiger partial charge on any atom is 0.326 e. The summed E-state index contributed by atoms with van der Waals surface area (Å²) in [5.74, 6) is 0. The molecule has 0 amide bonds. The fourth-order valence-electron chi connectivity index (χ4n) is 1.56. The van der Waals surface area contributed by atoms with Crippen molar-refractivity contribution in [1.82, 2.24) is 9.55 Å². The minimum absolute atomic E-state index is 0.134. The fourth-order valence-corrected chi connectivity index (χ4v) is 1.56. The van der Waals surface area contributed by atoms with Crippen LogP contribution in [0.5, 0.6) is 0 Å². The number of hydrogen-bond donors (Lipinski definition) is 1. The Morgan fingerprint density at radius 2 is 2.29 bits per heavy atom. The lowest BCUT2D eigenvalue weighted by molar-refractivity contribution is 0.112. The molecule has 72 valence electrons. The van der Waals surface area contributed by atoms with Crippen LogP contribution in [0, 0.1) is 0 Å². The van der Waals surface area contributed by atoms with Crippen molar-refractivity contribution in [3.05, 3.63) is 34.2 Å². The summed E-state index contributed by atoms with van der Waals surface area (Å²) in [6.07, 6.45) is 0.775. The lowest BCUT2D eigenvalue weighted by atomic mass is 10.2. The Balaban J connectivity index is 2.83. The molecule has 0 saturated carbocycles. The summed E-state index contributed by atoms with van der Waals surface area (Å²) in [7, 11) is 0. The van der Waals surface area contributed by atoms with Gasteiger partial charge in [-0.05, 0) is 25.1 Å². The molecule has 0 aliphatic carbocycles. The van der Waals surface area contributed by atoms with Crippen LogP contribution in [0.15, 0.2) is 23.0 Å². The monoisotopic (exact) mass is 190 g/mol. The first-order valence-electron chi connectivity index (χ1n) is 4.44. The fraction of sp³-hybridized carbons (Fsp3) is 0.200. The highest BCUT2D eigenvalue weighted by atomic mass is 16.1. The number of aromatic nitrogens is 2. The van der Waals surface area contributed by atoms with Gasteiger partial charge >= 0.3 is 5.69 Å². The third-order valence-electron chi connectivity index (χ3n) is 2.25. The lowest BCUT2D eigenvalue weighted by Gasteiger charge is -1.97. The second-order valence-electron chi connectivity index (χ2n) is 3.07. The SMILES string of the molecule is CCn1c(=O)[nH]c2ccc(C=O)cc21. The average Bonchev–Trinajstić information content (AvgIpc) is 2.52. The third-order valence-corrected chi connectivity index (χ3v) is 2.25. The molecule has 0 bridgehead atoms. The molecule has 0 unspecified atom stereocenters. The molecule has 4 heteroatoms. The largest absolute Gasteiger partial charge is 0.326 e. The van der Waals surface area contributed by atoms with Crippen LogP contribution in [-0.4, -0.2) is 15.8 Å². The quantitative estimate of drug-likeness (QED) is 0.722. The number of aryl methyl sites for hydroxylation is 1. The number of H-pyrrole nitrogens is 1. The number of nitrogens with zero attached hydrogens (tertiary/aromatic N) is 1. The van der Waals surface area contributed by atoms with Crippen LogP contribution in [0.25, 0.3) is 11.0 Å². The molecule has 2 aromatic rings. The maximum atomic E-state index is 11.4. The number of aromatic amines is 1.